The zero-order chi connectivity index (χ0) is 12.5. The molecule has 90 valence electrons. The van der Waals surface area contributed by atoms with Crippen molar-refractivity contribution < 1.29 is 8.78 Å². The molecule has 0 heterocycles. The van der Waals surface area contributed by atoms with Crippen LogP contribution in [0.1, 0.15) is 12.5 Å². The van der Waals surface area contributed by atoms with Gasteiger partial charge in [0.25, 0.3) is 6.43 Å². The zero-order valence-corrected chi connectivity index (χ0v) is 9.66. The summed E-state index contributed by atoms with van der Waals surface area (Å²) in [5.41, 5.74) is 5.02. The first-order valence-electron chi connectivity index (χ1n) is 5.54. The maximum atomic E-state index is 12.8. The summed E-state index contributed by atoms with van der Waals surface area (Å²) in [4.78, 5) is 0. The van der Waals surface area contributed by atoms with E-state index in [1.807, 2.05) is 42.5 Å². The number of halogens is 2. The van der Waals surface area contributed by atoms with Crippen LogP contribution in [0.5, 0.6) is 0 Å². The first-order chi connectivity index (χ1) is 8.00. The third-order valence-corrected chi connectivity index (χ3v) is 2.95. The van der Waals surface area contributed by atoms with Crippen molar-refractivity contribution >= 4 is 10.8 Å². The molecular weight excluding hydrogens is 220 g/mol. The molecule has 1 atom stereocenters. The number of alkyl halides is 2. The van der Waals surface area contributed by atoms with Crippen LogP contribution < -0.4 is 5.73 Å². The van der Waals surface area contributed by atoms with Gasteiger partial charge in [0, 0.05) is 0 Å². The van der Waals surface area contributed by atoms with Crippen molar-refractivity contribution in [3.8, 4) is 0 Å². The van der Waals surface area contributed by atoms with E-state index in [0.717, 1.165) is 16.3 Å². The fourth-order valence-corrected chi connectivity index (χ4v) is 1.93. The maximum Gasteiger partial charge on any atom is 0.256 e. The molecule has 2 N–H and O–H groups in total. The van der Waals surface area contributed by atoms with Gasteiger partial charge in [-0.3, -0.25) is 0 Å². The molecule has 0 aliphatic rings. The minimum absolute atomic E-state index is 0.173. The van der Waals surface area contributed by atoms with Crippen molar-refractivity contribution in [2.24, 2.45) is 5.73 Å². The van der Waals surface area contributed by atoms with Gasteiger partial charge < -0.3 is 5.73 Å². The molecule has 17 heavy (non-hydrogen) atoms. The summed E-state index contributed by atoms with van der Waals surface area (Å²) < 4.78 is 25.5. The molecule has 0 aliphatic heterocycles. The van der Waals surface area contributed by atoms with Crippen LogP contribution in [0.4, 0.5) is 8.78 Å². The Morgan fingerprint density at radius 1 is 1.12 bits per heavy atom. The van der Waals surface area contributed by atoms with E-state index in [9.17, 15) is 8.78 Å². The van der Waals surface area contributed by atoms with Gasteiger partial charge in [-0.2, -0.15) is 0 Å². The normalized spacial score (nSPS) is 15.1. The standard InChI is InChI=1S/C14H15F2N/c1-14(17,13(15)16)9-11-7-4-6-10-5-2-3-8-12(10)11/h2-8,13H,9,17H2,1H3. The number of hydrogen-bond donors (Lipinski definition) is 1. The molecule has 0 spiro atoms. The molecular formula is C14H15F2N. The summed E-state index contributed by atoms with van der Waals surface area (Å²) in [6, 6.07) is 13.4. The van der Waals surface area contributed by atoms with Gasteiger partial charge in [-0.25, -0.2) is 8.78 Å². The van der Waals surface area contributed by atoms with Gasteiger partial charge in [0.15, 0.2) is 0 Å². The predicted molar refractivity (Wildman–Crippen MR) is 66.2 cm³/mol. The lowest BCUT2D eigenvalue weighted by Crippen LogP contribution is -2.45. The smallest absolute Gasteiger partial charge is 0.256 e. The SMILES string of the molecule is CC(N)(Cc1cccc2ccccc12)C(F)F. The Labute approximate surface area is 99.2 Å². The largest absolute Gasteiger partial charge is 0.320 e. The Morgan fingerprint density at radius 3 is 2.47 bits per heavy atom. The van der Waals surface area contributed by atoms with Gasteiger partial charge in [0.05, 0.1) is 5.54 Å². The zero-order valence-electron chi connectivity index (χ0n) is 9.66. The number of benzene rings is 2. The molecule has 1 nitrogen and oxygen atoms in total. The van der Waals surface area contributed by atoms with E-state index in [4.69, 9.17) is 5.73 Å². The van der Waals surface area contributed by atoms with E-state index >= 15 is 0 Å². The Balaban J connectivity index is 2.43. The van der Waals surface area contributed by atoms with Crippen molar-refractivity contribution in [2.75, 3.05) is 0 Å². The van der Waals surface area contributed by atoms with E-state index in [-0.39, 0.29) is 6.42 Å². The van der Waals surface area contributed by atoms with Crippen molar-refractivity contribution in [3.05, 3.63) is 48.0 Å². The average molecular weight is 235 g/mol. The van der Waals surface area contributed by atoms with Crippen molar-refractivity contribution in [1.29, 1.82) is 0 Å². The number of nitrogens with two attached hydrogens (primary N) is 1. The number of fused-ring (bicyclic) bond motifs is 1. The third kappa shape index (κ3) is 2.44. The maximum absolute atomic E-state index is 12.8. The molecule has 0 aliphatic carbocycles. The molecule has 0 saturated carbocycles. The Hall–Kier alpha value is -1.48. The highest BCUT2D eigenvalue weighted by Crippen LogP contribution is 2.24. The van der Waals surface area contributed by atoms with E-state index in [2.05, 4.69) is 0 Å². The molecule has 2 aromatic rings. The minimum atomic E-state index is -2.53. The van der Waals surface area contributed by atoms with Crippen molar-refractivity contribution in [3.63, 3.8) is 0 Å². The summed E-state index contributed by atoms with van der Waals surface area (Å²) in [5, 5.41) is 2.04. The highest BCUT2D eigenvalue weighted by Gasteiger charge is 2.30. The first kappa shape index (κ1) is 12.0. The minimum Gasteiger partial charge on any atom is -0.320 e. The van der Waals surface area contributed by atoms with Gasteiger partial charge in [-0.05, 0) is 29.7 Å². The van der Waals surface area contributed by atoms with Crippen LogP contribution in [0.25, 0.3) is 10.8 Å². The first-order valence-corrected chi connectivity index (χ1v) is 5.54. The van der Waals surface area contributed by atoms with Crippen LogP contribution >= 0.6 is 0 Å². The number of rotatable bonds is 3. The predicted octanol–water partition coefficient (Wildman–Crippen LogP) is 3.36. The summed E-state index contributed by atoms with van der Waals surface area (Å²) >= 11 is 0. The fourth-order valence-electron chi connectivity index (χ4n) is 1.93. The third-order valence-electron chi connectivity index (χ3n) is 2.95. The fraction of sp³-hybridized carbons (Fsp3) is 0.286. The van der Waals surface area contributed by atoms with Crippen LogP contribution in [0.3, 0.4) is 0 Å². The number of hydrogen-bond acceptors (Lipinski definition) is 1. The Bertz CT molecular complexity index is 515. The lowest BCUT2D eigenvalue weighted by Gasteiger charge is -2.24. The summed E-state index contributed by atoms with van der Waals surface area (Å²) in [7, 11) is 0. The van der Waals surface area contributed by atoms with Crippen LogP contribution in [0.15, 0.2) is 42.5 Å². The van der Waals surface area contributed by atoms with Crippen LogP contribution in [0, 0.1) is 0 Å². The monoisotopic (exact) mass is 235 g/mol. The highest BCUT2D eigenvalue weighted by molar-refractivity contribution is 5.85. The molecule has 0 fully saturated rings. The second-order valence-electron chi connectivity index (χ2n) is 4.62. The quantitative estimate of drug-likeness (QED) is 0.867. The molecule has 0 saturated heterocycles. The molecule has 2 aromatic carbocycles. The Morgan fingerprint density at radius 2 is 1.76 bits per heavy atom. The van der Waals surface area contributed by atoms with Gasteiger partial charge in [-0.15, -0.1) is 0 Å². The molecule has 3 heteroatoms. The van der Waals surface area contributed by atoms with Crippen LogP contribution in [0.2, 0.25) is 0 Å². The lowest BCUT2D eigenvalue weighted by atomic mass is 9.91. The topological polar surface area (TPSA) is 26.0 Å². The summed E-state index contributed by atoms with van der Waals surface area (Å²) in [6.07, 6.45) is -2.35. The molecule has 2 rings (SSSR count). The molecule has 0 amide bonds. The van der Waals surface area contributed by atoms with Crippen molar-refractivity contribution in [1.82, 2.24) is 0 Å². The van der Waals surface area contributed by atoms with E-state index in [0.29, 0.717) is 0 Å². The van der Waals surface area contributed by atoms with Gasteiger partial charge in [0.2, 0.25) is 0 Å². The molecule has 0 aromatic heterocycles. The van der Waals surface area contributed by atoms with Gasteiger partial charge in [0.1, 0.15) is 0 Å². The summed E-state index contributed by atoms with van der Waals surface area (Å²) in [6.45, 7) is 1.39. The summed E-state index contributed by atoms with van der Waals surface area (Å²) in [5.74, 6) is 0. The molecule has 0 radical (unpaired) electrons. The molecule has 0 bridgehead atoms. The Kier molecular flexibility index (Phi) is 3.11. The second kappa shape index (κ2) is 4.41. The highest BCUT2D eigenvalue weighted by atomic mass is 19.3. The van der Waals surface area contributed by atoms with Crippen molar-refractivity contribution in [2.45, 2.75) is 25.3 Å². The second-order valence-corrected chi connectivity index (χ2v) is 4.62. The average Bonchev–Trinajstić information content (AvgIpc) is 2.29. The van der Waals surface area contributed by atoms with Crippen LogP contribution in [-0.2, 0) is 6.42 Å². The van der Waals surface area contributed by atoms with Gasteiger partial charge in [-0.1, -0.05) is 42.5 Å². The van der Waals surface area contributed by atoms with E-state index in [1.165, 1.54) is 6.92 Å². The lowest BCUT2D eigenvalue weighted by molar-refractivity contribution is 0.0641. The van der Waals surface area contributed by atoms with Gasteiger partial charge >= 0.3 is 0 Å². The van der Waals surface area contributed by atoms with Crippen LogP contribution in [-0.4, -0.2) is 12.0 Å². The van der Waals surface area contributed by atoms with E-state index < -0.39 is 12.0 Å². The molecule has 1 unspecified atom stereocenters. The van der Waals surface area contributed by atoms with E-state index in [1.54, 1.807) is 0 Å².